The van der Waals surface area contributed by atoms with Crippen LogP contribution in [0.3, 0.4) is 0 Å². The summed E-state index contributed by atoms with van der Waals surface area (Å²) in [7, 11) is -1.10. The fraction of sp³-hybridized carbons (Fsp3) is 0.600. The molecular formula is C5H10CeCl2Si. The summed E-state index contributed by atoms with van der Waals surface area (Å²) in [5.74, 6) is 0. The van der Waals surface area contributed by atoms with Gasteiger partial charge in [-0.1, -0.05) is 19.6 Å². The molecule has 0 rings (SSSR count). The summed E-state index contributed by atoms with van der Waals surface area (Å²) in [5, 5.41) is 0. The van der Waals surface area contributed by atoms with Crippen LogP contribution in [0.2, 0.25) is 19.6 Å². The van der Waals surface area contributed by atoms with E-state index in [1.807, 2.05) is 0 Å². The molecule has 0 amide bonds. The van der Waals surface area contributed by atoms with Gasteiger partial charge in [-0.25, -0.2) is 0 Å². The number of halogens is 2. The van der Waals surface area contributed by atoms with E-state index in [4.69, 9.17) is 17.7 Å². The molecule has 4 heteroatoms. The van der Waals surface area contributed by atoms with Crippen molar-refractivity contribution in [3.05, 3.63) is 0 Å². The molecule has 0 aliphatic rings. The second kappa shape index (κ2) is 7.84. The first-order chi connectivity index (χ1) is 3.97. The Hall–Kier alpha value is 1.73. The van der Waals surface area contributed by atoms with Crippen molar-refractivity contribution >= 4 is 19.3 Å². The maximum atomic E-state index is 5.12. The van der Waals surface area contributed by atoms with Crippen LogP contribution in [0.4, 0.5) is 0 Å². The van der Waals surface area contributed by atoms with Crippen LogP contribution < -0.4 is 0 Å². The molecule has 0 fully saturated rings. The average molecular weight is 309 g/mol. The topological polar surface area (TPSA) is 0 Å². The minimum atomic E-state index is -1.10. The van der Waals surface area contributed by atoms with Crippen LogP contribution in [-0.4, -0.2) is 8.07 Å². The summed E-state index contributed by atoms with van der Waals surface area (Å²) < 4.78 is 0. The van der Waals surface area contributed by atoms with Gasteiger partial charge in [-0.3, -0.25) is 0 Å². The molecule has 0 aliphatic carbocycles. The van der Waals surface area contributed by atoms with Crippen LogP contribution in [-0.2, 0) is 0 Å². The van der Waals surface area contributed by atoms with Crippen LogP contribution in [0.1, 0.15) is 0 Å². The van der Waals surface area contributed by atoms with Gasteiger partial charge in [-0.15, -0.1) is 12.0 Å². The Morgan fingerprint density at radius 1 is 1.33 bits per heavy atom. The zero-order valence-electron chi connectivity index (χ0n) is 5.83. The van der Waals surface area contributed by atoms with E-state index in [9.17, 15) is 0 Å². The van der Waals surface area contributed by atoms with E-state index in [2.05, 4.69) is 25.2 Å². The summed E-state index contributed by atoms with van der Waals surface area (Å²) >= 11 is -0.972. The molecular weight excluding hydrogens is 299 g/mol. The molecule has 0 nitrogen and oxygen atoms in total. The molecule has 0 atom stereocenters. The average Bonchev–Trinajstić information content (AvgIpc) is 1.67. The van der Waals surface area contributed by atoms with Gasteiger partial charge in [0.1, 0.15) is 8.07 Å². The zero-order chi connectivity index (χ0) is 7.91. The Balaban J connectivity index is 0. The van der Waals surface area contributed by atoms with Crippen molar-refractivity contribution < 1.29 is 34.4 Å². The third-order valence-corrected chi connectivity index (χ3v) is 1.30. The van der Waals surface area contributed by atoms with Crippen molar-refractivity contribution in [1.29, 1.82) is 0 Å². The fourth-order valence-corrected chi connectivity index (χ4v) is 0. The summed E-state index contributed by atoms with van der Waals surface area (Å²) in [4.78, 5) is 0. The third-order valence-electron chi connectivity index (χ3n) is 0.433. The summed E-state index contributed by atoms with van der Waals surface area (Å²) in [6.45, 7) is 6.44. The number of rotatable bonds is 0. The predicted molar refractivity (Wildman–Crippen MR) is 43.9 cm³/mol. The molecule has 0 heterocycles. The van der Waals surface area contributed by atoms with Crippen LogP contribution in [0, 0.1) is 46.3 Å². The standard InChI is InChI=1S/C5H10Si.Ce.2ClH/c1-5-6(2,3)4;;;/h1H,2-4H3;;2*1H/q;+2;;/p-2. The molecule has 0 aromatic carbocycles. The first-order valence-electron chi connectivity index (χ1n) is 2.42. The van der Waals surface area contributed by atoms with Gasteiger partial charge in [0.2, 0.25) is 0 Å². The van der Waals surface area contributed by atoms with Gasteiger partial charge >= 0.3 is 45.6 Å². The van der Waals surface area contributed by atoms with Crippen molar-refractivity contribution in [3.63, 3.8) is 0 Å². The van der Waals surface area contributed by atoms with Crippen LogP contribution in [0.5, 0.6) is 0 Å². The number of hydrogen-bond donors (Lipinski definition) is 0. The Kier molecular flexibility index (Phi) is 11.6. The number of hydrogen-bond acceptors (Lipinski definition) is 0. The first-order valence-corrected chi connectivity index (χ1v) is 13.8. The van der Waals surface area contributed by atoms with Crippen LogP contribution in [0.15, 0.2) is 0 Å². The Morgan fingerprint density at radius 3 is 1.44 bits per heavy atom. The van der Waals surface area contributed by atoms with E-state index in [1.165, 1.54) is 0 Å². The van der Waals surface area contributed by atoms with Gasteiger partial charge in [-0.2, -0.15) is 0 Å². The molecule has 0 spiro atoms. The summed E-state index contributed by atoms with van der Waals surface area (Å²) in [6.07, 6.45) is 5.12. The monoisotopic (exact) mass is 308 g/mol. The fourth-order valence-electron chi connectivity index (χ4n) is 0. The summed E-state index contributed by atoms with van der Waals surface area (Å²) in [6, 6.07) is 0. The van der Waals surface area contributed by atoms with E-state index in [0.29, 0.717) is 0 Å². The van der Waals surface area contributed by atoms with Crippen molar-refractivity contribution in [1.82, 2.24) is 0 Å². The molecule has 0 bridgehead atoms. The van der Waals surface area contributed by atoms with Gasteiger partial charge < -0.3 is 0 Å². The number of terminal acetylenes is 1. The molecule has 0 aliphatic heterocycles. The molecule has 0 saturated carbocycles. The van der Waals surface area contributed by atoms with Gasteiger partial charge in [0.05, 0.1) is 0 Å². The normalized spacial score (nSPS) is 8.44. The second-order valence-corrected chi connectivity index (χ2v) is 11.9. The molecule has 0 aromatic rings. The van der Waals surface area contributed by atoms with Crippen molar-refractivity contribution in [2.24, 2.45) is 0 Å². The van der Waals surface area contributed by atoms with Gasteiger partial charge in [0.25, 0.3) is 0 Å². The van der Waals surface area contributed by atoms with Crippen molar-refractivity contribution in [2.75, 3.05) is 0 Å². The van der Waals surface area contributed by atoms with E-state index in [1.54, 1.807) is 0 Å². The molecule has 0 aromatic heterocycles. The van der Waals surface area contributed by atoms with Crippen LogP contribution in [0.25, 0.3) is 0 Å². The SMILES string of the molecule is C#C[Si](C)(C)C.[Cl][Ce][Cl]. The van der Waals surface area contributed by atoms with Crippen LogP contribution >= 0.6 is 11.3 Å². The van der Waals surface area contributed by atoms with Gasteiger partial charge in [0, 0.05) is 0 Å². The molecule has 52 valence electrons. The molecule has 0 N–H and O–H groups in total. The quantitative estimate of drug-likeness (QED) is 0.477. The maximum absolute atomic E-state index is 5.12. The molecule has 9 heavy (non-hydrogen) atoms. The summed E-state index contributed by atoms with van der Waals surface area (Å²) in [5.41, 5.74) is 12.7. The Bertz CT molecular complexity index is 92.1. The first kappa shape index (κ1) is 13.3. The van der Waals surface area contributed by atoms with E-state index >= 15 is 0 Å². The van der Waals surface area contributed by atoms with E-state index in [-0.39, 0.29) is 0 Å². The van der Waals surface area contributed by atoms with Gasteiger partial charge in [-0.05, 0) is 0 Å². The predicted octanol–water partition coefficient (Wildman–Crippen LogP) is 2.88. The third kappa shape index (κ3) is 26.0. The van der Waals surface area contributed by atoms with Crippen molar-refractivity contribution in [3.8, 4) is 12.0 Å². The molecule has 0 saturated heterocycles. The minimum absolute atomic E-state index is 0.972. The Morgan fingerprint density at radius 2 is 1.44 bits per heavy atom. The van der Waals surface area contributed by atoms with E-state index in [0.717, 1.165) is 0 Å². The van der Waals surface area contributed by atoms with E-state index < -0.39 is 42.4 Å². The van der Waals surface area contributed by atoms with Gasteiger partial charge in [0.15, 0.2) is 0 Å². The zero-order valence-corrected chi connectivity index (χ0v) is 11.5. The second-order valence-electron chi connectivity index (χ2n) is 2.47. The molecule has 0 radical (unpaired) electrons. The molecule has 0 unspecified atom stereocenters. The Labute approximate surface area is 83.8 Å². The van der Waals surface area contributed by atoms with Crippen molar-refractivity contribution in [2.45, 2.75) is 19.6 Å².